The lowest BCUT2D eigenvalue weighted by molar-refractivity contribution is -0.135. The smallest absolute Gasteiger partial charge is 0.323 e. The number of hydrogen-bond donors (Lipinski definition) is 2. The summed E-state index contributed by atoms with van der Waals surface area (Å²) in [7, 11) is -3.63. The Labute approximate surface area is 282 Å². The topological polar surface area (TPSA) is 121 Å². The molecule has 1 aliphatic rings. The maximum Gasteiger partial charge on any atom is 0.323 e. The maximum absolute atomic E-state index is 13.7. The number of ketones is 1. The van der Waals surface area contributed by atoms with E-state index in [0.29, 0.717) is 35.9 Å². The number of anilines is 1. The van der Waals surface area contributed by atoms with Gasteiger partial charge in [-0.3, -0.25) is 14.5 Å². The van der Waals surface area contributed by atoms with E-state index in [9.17, 15) is 27.9 Å². The van der Waals surface area contributed by atoms with Crippen LogP contribution in [-0.2, 0) is 30.6 Å². The molecule has 9 heteroatoms. The van der Waals surface area contributed by atoms with Crippen molar-refractivity contribution >= 4 is 33.3 Å². The summed E-state index contributed by atoms with van der Waals surface area (Å²) in [4.78, 5) is 40.4. The van der Waals surface area contributed by atoms with Crippen LogP contribution in [0.3, 0.4) is 0 Å². The lowest BCUT2D eigenvalue weighted by Crippen LogP contribution is -2.50. The average molecular weight is 669 g/mol. The fraction of sp³-hybridized carbons (Fsp3) is 0.605. The second kappa shape index (κ2) is 17.8. The molecule has 2 amide bonds. The maximum atomic E-state index is 13.7. The van der Waals surface area contributed by atoms with Crippen molar-refractivity contribution in [1.82, 2.24) is 5.32 Å². The number of amides is 2. The summed E-state index contributed by atoms with van der Waals surface area (Å²) in [6.45, 7) is 9.93. The molecule has 260 valence electrons. The molecular weight excluding hydrogens is 612 g/mol. The number of nitrogens with one attached hydrogen (secondary N) is 1. The Hall–Kier alpha value is -3.20. The Kier molecular flexibility index (Phi) is 14.5. The number of nitrogens with zero attached hydrogens (tertiary/aromatic N) is 1. The first-order valence-electron chi connectivity index (χ1n) is 17.5. The molecule has 2 atom stereocenters. The number of benzene rings is 2. The Morgan fingerprint density at radius 1 is 0.936 bits per heavy atom. The fourth-order valence-corrected chi connectivity index (χ4v) is 7.82. The third-order valence-electron chi connectivity index (χ3n) is 9.55. The van der Waals surface area contributed by atoms with Crippen molar-refractivity contribution in [3.63, 3.8) is 0 Å². The number of carboxylic acid groups (broad SMARTS) is 1. The molecule has 3 rings (SSSR count). The second-order valence-corrected chi connectivity index (χ2v) is 16.3. The molecule has 0 spiro atoms. The van der Waals surface area contributed by atoms with Crippen molar-refractivity contribution in [2.24, 2.45) is 11.8 Å². The lowest BCUT2D eigenvalue weighted by Gasteiger charge is -2.29. The van der Waals surface area contributed by atoms with E-state index >= 15 is 0 Å². The van der Waals surface area contributed by atoms with Crippen molar-refractivity contribution in [3.05, 3.63) is 59.7 Å². The first kappa shape index (κ1) is 38.2. The predicted octanol–water partition coefficient (Wildman–Crippen LogP) is 8.46. The molecule has 0 radical (unpaired) electrons. The van der Waals surface area contributed by atoms with E-state index in [1.807, 2.05) is 12.1 Å². The van der Waals surface area contributed by atoms with Crippen LogP contribution in [-0.4, -0.2) is 43.9 Å². The van der Waals surface area contributed by atoms with Gasteiger partial charge >= 0.3 is 12.0 Å². The molecule has 8 nitrogen and oxygen atoms in total. The van der Waals surface area contributed by atoms with Gasteiger partial charge < -0.3 is 10.4 Å². The number of carboxylic acids is 1. The van der Waals surface area contributed by atoms with E-state index in [1.165, 1.54) is 6.42 Å². The molecule has 0 heterocycles. The summed E-state index contributed by atoms with van der Waals surface area (Å²) in [6.07, 6.45) is 11.6. The van der Waals surface area contributed by atoms with Crippen LogP contribution in [0.5, 0.6) is 0 Å². The van der Waals surface area contributed by atoms with Crippen molar-refractivity contribution in [2.75, 3.05) is 11.4 Å². The summed E-state index contributed by atoms with van der Waals surface area (Å²) in [5.74, 6) is -0.604. The van der Waals surface area contributed by atoms with E-state index in [4.69, 9.17) is 0 Å². The summed E-state index contributed by atoms with van der Waals surface area (Å²) >= 11 is 0. The molecule has 0 aliphatic heterocycles. The first-order chi connectivity index (χ1) is 22.2. The molecule has 2 N–H and O–H groups in total. The zero-order valence-electron chi connectivity index (χ0n) is 29.1. The zero-order valence-corrected chi connectivity index (χ0v) is 29.9. The van der Waals surface area contributed by atoms with E-state index in [0.717, 1.165) is 68.3 Å². The third kappa shape index (κ3) is 12.1. The highest BCUT2D eigenvalue weighted by Gasteiger charge is 2.29. The van der Waals surface area contributed by atoms with Crippen LogP contribution in [0.2, 0.25) is 0 Å². The van der Waals surface area contributed by atoms with Crippen LogP contribution in [0.4, 0.5) is 10.5 Å². The summed E-state index contributed by atoms with van der Waals surface area (Å²) in [6, 6.07) is 11.9. The summed E-state index contributed by atoms with van der Waals surface area (Å²) in [5.41, 5.74) is 1.78. The van der Waals surface area contributed by atoms with Gasteiger partial charge in [0.05, 0.1) is 16.7 Å². The van der Waals surface area contributed by atoms with Gasteiger partial charge in [-0.25, -0.2) is 13.2 Å². The fourth-order valence-electron chi connectivity index (χ4n) is 6.47. The van der Waals surface area contributed by atoms with Crippen molar-refractivity contribution in [1.29, 1.82) is 0 Å². The normalized spacial score (nSPS) is 15.5. The minimum atomic E-state index is -3.63. The lowest BCUT2D eigenvalue weighted by atomic mass is 9.83. The van der Waals surface area contributed by atoms with Gasteiger partial charge in [-0.05, 0) is 65.5 Å². The molecule has 1 aliphatic carbocycles. The Morgan fingerprint density at radius 3 is 2.13 bits per heavy atom. The number of Topliss-reactive ketones (excluding diaryl/α,β-unsaturated/α-hetero) is 1. The number of unbranched alkanes of at least 4 members (excludes halogenated alkanes) is 1. The molecule has 2 aromatic rings. The van der Waals surface area contributed by atoms with E-state index < -0.39 is 34.4 Å². The van der Waals surface area contributed by atoms with Crippen LogP contribution in [0.1, 0.15) is 123 Å². The van der Waals surface area contributed by atoms with E-state index in [1.54, 1.807) is 36.4 Å². The molecule has 1 fully saturated rings. The summed E-state index contributed by atoms with van der Waals surface area (Å²) in [5, 5.41) is 12.6. The third-order valence-corrected chi connectivity index (χ3v) is 11.2. The molecule has 1 saturated carbocycles. The number of aliphatic carboxylic acids is 1. The van der Waals surface area contributed by atoms with Gasteiger partial charge in [-0.1, -0.05) is 117 Å². The second-order valence-electron chi connectivity index (χ2n) is 14.3. The van der Waals surface area contributed by atoms with Gasteiger partial charge in [0.2, 0.25) is 0 Å². The predicted molar refractivity (Wildman–Crippen MR) is 189 cm³/mol. The van der Waals surface area contributed by atoms with Gasteiger partial charge in [-0.2, -0.15) is 0 Å². The molecule has 0 bridgehead atoms. The van der Waals surface area contributed by atoms with Crippen molar-refractivity contribution in [2.45, 2.75) is 134 Å². The van der Waals surface area contributed by atoms with Gasteiger partial charge in [0.25, 0.3) is 0 Å². The van der Waals surface area contributed by atoms with Gasteiger partial charge in [0, 0.05) is 12.1 Å². The van der Waals surface area contributed by atoms with Gasteiger partial charge in [0.1, 0.15) is 6.54 Å². The largest absolute Gasteiger partial charge is 0.480 e. The molecule has 47 heavy (non-hydrogen) atoms. The van der Waals surface area contributed by atoms with E-state index in [2.05, 4.69) is 39.9 Å². The van der Waals surface area contributed by atoms with Crippen molar-refractivity contribution < 1.29 is 27.9 Å². The molecular formula is C38H56N2O6S. The van der Waals surface area contributed by atoms with E-state index in [-0.39, 0.29) is 21.8 Å². The van der Waals surface area contributed by atoms with Crippen LogP contribution in [0.15, 0.2) is 53.4 Å². The highest BCUT2D eigenvalue weighted by molar-refractivity contribution is 7.90. The highest BCUT2D eigenvalue weighted by atomic mass is 32.2. The van der Waals surface area contributed by atoms with Gasteiger partial charge in [0.15, 0.2) is 15.6 Å². The average Bonchev–Trinajstić information content (AvgIpc) is 3.03. The Bertz CT molecular complexity index is 1410. The summed E-state index contributed by atoms with van der Waals surface area (Å²) < 4.78 is 26.3. The number of rotatable bonds is 17. The highest BCUT2D eigenvalue weighted by Crippen LogP contribution is 2.29. The van der Waals surface area contributed by atoms with Crippen LogP contribution in [0, 0.1) is 11.8 Å². The number of carbonyl (C=O) groups is 3. The number of carbonyl (C=O) groups excluding carboxylic acids is 2. The minimum Gasteiger partial charge on any atom is -0.480 e. The molecule has 2 aromatic carbocycles. The number of sulfone groups is 1. The SMILES string of the molecule is CCCCC(CC)CCC(=O)[C@@H](CC1CCCCC1)NC(=O)N(CC(=O)O)c1ccc(CS(=O)(=O)c2ccc(C(C)(C)C)cc2)cc1. The number of urea groups is 1. The minimum absolute atomic E-state index is 0.00485. The van der Waals surface area contributed by atoms with Crippen LogP contribution < -0.4 is 10.2 Å². The molecule has 0 aromatic heterocycles. The van der Waals surface area contributed by atoms with Gasteiger partial charge in [-0.15, -0.1) is 0 Å². The Morgan fingerprint density at radius 2 is 1.57 bits per heavy atom. The van der Waals surface area contributed by atoms with Crippen LogP contribution in [0.25, 0.3) is 0 Å². The zero-order chi connectivity index (χ0) is 34.6. The molecule has 1 unspecified atom stereocenters. The quantitative estimate of drug-likeness (QED) is 0.174. The standard InChI is InChI=1S/C38H56N2O6S/c1-6-8-12-28(7-2)17-24-35(41)34(25-29-13-10-9-11-14-29)39-37(44)40(26-36(42)43)32-20-15-30(16-21-32)27-47(45,46)33-22-18-31(19-23-33)38(3,4)5/h15-16,18-23,28-29,34H,6-14,17,24-27H2,1-5H3,(H,39,44)(H,42,43)/t28?,34-/m1/s1. The van der Waals surface area contributed by atoms with Crippen molar-refractivity contribution in [3.8, 4) is 0 Å². The first-order valence-corrected chi connectivity index (χ1v) is 19.1. The molecule has 0 saturated heterocycles. The van der Waals surface area contributed by atoms with Crippen LogP contribution >= 0.6 is 0 Å². The Balaban J connectivity index is 1.76. The number of hydrogen-bond acceptors (Lipinski definition) is 5. The monoisotopic (exact) mass is 668 g/mol.